The SMILES string of the molecule is CCc1cc(CC(CC2CN(C)CCN2C)NC)n(C)n1. The Balaban J connectivity index is 1.97. The van der Waals surface area contributed by atoms with Crippen LogP contribution < -0.4 is 5.32 Å². The van der Waals surface area contributed by atoms with Gasteiger partial charge in [0.1, 0.15) is 0 Å². The third-order valence-electron chi connectivity index (χ3n) is 4.79. The van der Waals surface area contributed by atoms with Crippen LogP contribution in [0.3, 0.4) is 0 Å². The predicted molar refractivity (Wildman–Crippen MR) is 87.7 cm³/mol. The Morgan fingerprint density at radius 1 is 1.33 bits per heavy atom. The summed E-state index contributed by atoms with van der Waals surface area (Å²) in [6, 6.07) is 3.39. The molecule has 0 saturated carbocycles. The number of aryl methyl sites for hydroxylation is 2. The predicted octanol–water partition coefficient (Wildman–Crippen LogP) is 0.749. The minimum atomic E-state index is 0.504. The molecule has 1 aromatic heterocycles. The fraction of sp³-hybridized carbons (Fsp3) is 0.812. The molecule has 1 fully saturated rings. The summed E-state index contributed by atoms with van der Waals surface area (Å²) in [7, 11) is 8.61. The minimum absolute atomic E-state index is 0.504. The number of likely N-dealkylation sites (N-methyl/N-ethyl adjacent to an activating group) is 3. The quantitative estimate of drug-likeness (QED) is 0.840. The number of nitrogens with one attached hydrogen (secondary N) is 1. The highest BCUT2D eigenvalue weighted by molar-refractivity contribution is 5.11. The Labute approximate surface area is 129 Å². The molecule has 0 amide bonds. The lowest BCUT2D eigenvalue weighted by molar-refractivity contribution is 0.101. The van der Waals surface area contributed by atoms with E-state index in [-0.39, 0.29) is 0 Å². The van der Waals surface area contributed by atoms with Crippen molar-refractivity contribution in [2.75, 3.05) is 40.8 Å². The van der Waals surface area contributed by atoms with E-state index < -0.39 is 0 Å². The number of rotatable bonds is 6. The van der Waals surface area contributed by atoms with Gasteiger partial charge in [-0.05, 0) is 40.1 Å². The van der Waals surface area contributed by atoms with Gasteiger partial charge in [0.05, 0.1) is 5.69 Å². The van der Waals surface area contributed by atoms with Gasteiger partial charge in [-0.3, -0.25) is 4.68 Å². The number of aromatic nitrogens is 2. The first kappa shape index (κ1) is 16.5. The molecule has 0 aliphatic carbocycles. The number of hydrogen-bond acceptors (Lipinski definition) is 4. The van der Waals surface area contributed by atoms with Gasteiger partial charge in [-0.25, -0.2) is 0 Å². The van der Waals surface area contributed by atoms with Crippen LogP contribution in [0.15, 0.2) is 6.07 Å². The molecule has 2 atom stereocenters. The molecular weight excluding hydrogens is 262 g/mol. The normalized spacial score (nSPS) is 22.6. The molecule has 0 bridgehead atoms. The summed E-state index contributed by atoms with van der Waals surface area (Å²) >= 11 is 0. The molecule has 2 unspecified atom stereocenters. The van der Waals surface area contributed by atoms with Crippen molar-refractivity contribution in [3.05, 3.63) is 17.5 Å². The van der Waals surface area contributed by atoms with Gasteiger partial charge in [-0.1, -0.05) is 6.92 Å². The standard InChI is InChI=1S/C16H31N5/c1-6-13-9-15(21(5)18-13)10-14(17-2)11-16-12-19(3)7-8-20(16)4/h9,14,16-17H,6-8,10-12H2,1-5H3. The summed E-state index contributed by atoms with van der Waals surface area (Å²) in [6.45, 7) is 5.68. The number of piperazine rings is 1. The van der Waals surface area contributed by atoms with Crippen molar-refractivity contribution >= 4 is 0 Å². The largest absolute Gasteiger partial charge is 0.317 e. The van der Waals surface area contributed by atoms with Gasteiger partial charge in [0.2, 0.25) is 0 Å². The van der Waals surface area contributed by atoms with Gasteiger partial charge < -0.3 is 15.1 Å². The summed E-state index contributed by atoms with van der Waals surface area (Å²) < 4.78 is 2.04. The highest BCUT2D eigenvalue weighted by Gasteiger charge is 2.25. The summed E-state index contributed by atoms with van der Waals surface area (Å²) in [5.41, 5.74) is 2.52. The van der Waals surface area contributed by atoms with Crippen molar-refractivity contribution in [1.82, 2.24) is 24.9 Å². The number of hydrogen-bond donors (Lipinski definition) is 1. The fourth-order valence-corrected chi connectivity index (χ4v) is 3.18. The van der Waals surface area contributed by atoms with E-state index in [1.165, 1.54) is 37.4 Å². The molecule has 2 rings (SSSR count). The zero-order chi connectivity index (χ0) is 15.4. The molecule has 0 spiro atoms. The topological polar surface area (TPSA) is 36.3 Å². The van der Waals surface area contributed by atoms with Crippen LogP contribution in [0.1, 0.15) is 24.7 Å². The van der Waals surface area contributed by atoms with Crippen LogP contribution in [0.2, 0.25) is 0 Å². The molecule has 0 radical (unpaired) electrons. The Morgan fingerprint density at radius 2 is 2.10 bits per heavy atom. The first-order valence-corrected chi connectivity index (χ1v) is 8.11. The van der Waals surface area contributed by atoms with Crippen molar-refractivity contribution in [1.29, 1.82) is 0 Å². The van der Waals surface area contributed by atoms with E-state index in [2.05, 4.69) is 61.4 Å². The number of nitrogens with zero attached hydrogens (tertiary/aromatic N) is 4. The lowest BCUT2D eigenvalue weighted by atomic mass is 9.99. The Bertz CT molecular complexity index is 442. The van der Waals surface area contributed by atoms with E-state index in [4.69, 9.17) is 0 Å². The second-order valence-corrected chi connectivity index (χ2v) is 6.43. The molecule has 1 aromatic rings. The fourth-order valence-electron chi connectivity index (χ4n) is 3.18. The summed E-state index contributed by atoms with van der Waals surface area (Å²) in [5.74, 6) is 0. The molecule has 5 heteroatoms. The van der Waals surface area contributed by atoms with Crippen molar-refractivity contribution in [3.8, 4) is 0 Å². The third-order valence-corrected chi connectivity index (χ3v) is 4.79. The maximum atomic E-state index is 4.56. The van der Waals surface area contributed by atoms with Crippen molar-refractivity contribution in [2.24, 2.45) is 7.05 Å². The van der Waals surface area contributed by atoms with E-state index in [0.29, 0.717) is 12.1 Å². The lowest BCUT2D eigenvalue weighted by Gasteiger charge is -2.39. The van der Waals surface area contributed by atoms with E-state index in [1.54, 1.807) is 0 Å². The van der Waals surface area contributed by atoms with E-state index in [1.807, 2.05) is 4.68 Å². The minimum Gasteiger partial charge on any atom is -0.317 e. The van der Waals surface area contributed by atoms with E-state index >= 15 is 0 Å². The Hall–Kier alpha value is -0.910. The molecule has 1 aliphatic rings. The highest BCUT2D eigenvalue weighted by Crippen LogP contribution is 2.15. The second-order valence-electron chi connectivity index (χ2n) is 6.43. The molecule has 2 heterocycles. The van der Waals surface area contributed by atoms with Crippen LogP contribution in [0.4, 0.5) is 0 Å². The van der Waals surface area contributed by atoms with Gasteiger partial charge in [0.15, 0.2) is 0 Å². The molecule has 21 heavy (non-hydrogen) atoms. The lowest BCUT2D eigenvalue weighted by Crippen LogP contribution is -2.52. The maximum Gasteiger partial charge on any atom is 0.0624 e. The van der Waals surface area contributed by atoms with Crippen LogP contribution >= 0.6 is 0 Å². The van der Waals surface area contributed by atoms with Crippen LogP contribution in [-0.2, 0) is 19.9 Å². The molecule has 5 nitrogen and oxygen atoms in total. The monoisotopic (exact) mass is 293 g/mol. The molecule has 0 aromatic carbocycles. The molecule has 120 valence electrons. The molecule has 1 saturated heterocycles. The zero-order valence-corrected chi connectivity index (χ0v) is 14.3. The van der Waals surface area contributed by atoms with Gasteiger partial charge in [0.25, 0.3) is 0 Å². The average molecular weight is 293 g/mol. The van der Waals surface area contributed by atoms with Gasteiger partial charge in [-0.15, -0.1) is 0 Å². The van der Waals surface area contributed by atoms with Crippen molar-refractivity contribution in [3.63, 3.8) is 0 Å². The van der Waals surface area contributed by atoms with E-state index in [0.717, 1.165) is 12.8 Å². The van der Waals surface area contributed by atoms with E-state index in [9.17, 15) is 0 Å². The Morgan fingerprint density at radius 3 is 2.71 bits per heavy atom. The third kappa shape index (κ3) is 4.28. The van der Waals surface area contributed by atoms with Gasteiger partial charge in [-0.2, -0.15) is 5.10 Å². The van der Waals surface area contributed by atoms with Crippen molar-refractivity contribution in [2.45, 2.75) is 38.3 Å². The average Bonchev–Trinajstić information content (AvgIpc) is 2.82. The second kappa shape index (κ2) is 7.38. The first-order valence-electron chi connectivity index (χ1n) is 8.11. The zero-order valence-electron chi connectivity index (χ0n) is 14.3. The molecular formula is C16H31N5. The Kier molecular flexibility index (Phi) is 5.79. The van der Waals surface area contributed by atoms with Crippen LogP contribution in [0.25, 0.3) is 0 Å². The van der Waals surface area contributed by atoms with Crippen LogP contribution in [0.5, 0.6) is 0 Å². The molecule has 1 aliphatic heterocycles. The first-order chi connectivity index (χ1) is 10.0. The van der Waals surface area contributed by atoms with Gasteiger partial charge >= 0.3 is 0 Å². The highest BCUT2D eigenvalue weighted by atomic mass is 15.3. The van der Waals surface area contributed by atoms with Crippen LogP contribution in [0, 0.1) is 0 Å². The smallest absolute Gasteiger partial charge is 0.0624 e. The summed E-state index contributed by atoms with van der Waals surface area (Å²) in [6.07, 6.45) is 3.24. The van der Waals surface area contributed by atoms with Gasteiger partial charge in [0, 0.05) is 50.9 Å². The summed E-state index contributed by atoms with van der Waals surface area (Å²) in [4.78, 5) is 4.95. The van der Waals surface area contributed by atoms with Crippen molar-refractivity contribution < 1.29 is 0 Å². The summed E-state index contributed by atoms with van der Waals surface area (Å²) in [5, 5.41) is 8.06. The maximum absolute atomic E-state index is 4.56. The van der Waals surface area contributed by atoms with Crippen LogP contribution in [-0.4, -0.2) is 72.4 Å². The molecule has 1 N–H and O–H groups in total.